The van der Waals surface area contributed by atoms with Crippen LogP contribution in [0.3, 0.4) is 0 Å². The number of likely N-dealkylation sites (N-methyl/N-ethyl adjacent to an activating group) is 1. The van der Waals surface area contributed by atoms with Crippen molar-refractivity contribution in [3.05, 3.63) is 35.9 Å². The van der Waals surface area contributed by atoms with Gasteiger partial charge in [-0.1, -0.05) is 30.3 Å². The van der Waals surface area contributed by atoms with Crippen LogP contribution in [0.2, 0.25) is 0 Å². The van der Waals surface area contributed by atoms with E-state index in [1.54, 1.807) is 0 Å². The molecule has 0 N–H and O–H groups in total. The Balaban J connectivity index is 2.32. The summed E-state index contributed by atoms with van der Waals surface area (Å²) in [6, 6.07) is 10.8. The number of hydrogen-bond donors (Lipinski definition) is 0. The first-order valence-corrected chi connectivity index (χ1v) is 4.62. The molecular formula is C11H14N2. The molecule has 2 nitrogen and oxygen atoms in total. The summed E-state index contributed by atoms with van der Waals surface area (Å²) in [6.07, 6.45) is 0. The lowest BCUT2D eigenvalue weighted by Crippen LogP contribution is -2.24. The van der Waals surface area contributed by atoms with E-state index in [1.165, 1.54) is 5.56 Å². The Morgan fingerprint density at radius 3 is 2.54 bits per heavy atom. The van der Waals surface area contributed by atoms with Crippen LogP contribution in [0.5, 0.6) is 0 Å². The standard InChI is InChI=1S/C11H14N2/c1-9-8-13(2)11(12-9)10-6-4-3-5-7-10/h3-7,9H,8H2,1-2H3. The van der Waals surface area contributed by atoms with Gasteiger partial charge in [-0.3, -0.25) is 4.99 Å². The Morgan fingerprint density at radius 1 is 1.31 bits per heavy atom. The number of nitrogens with zero attached hydrogens (tertiary/aromatic N) is 2. The third-order valence-corrected chi connectivity index (χ3v) is 2.27. The Hall–Kier alpha value is -1.31. The molecule has 1 heterocycles. The molecule has 0 radical (unpaired) electrons. The highest BCUT2D eigenvalue weighted by Crippen LogP contribution is 2.12. The molecule has 1 aromatic rings. The summed E-state index contributed by atoms with van der Waals surface area (Å²) >= 11 is 0. The van der Waals surface area contributed by atoms with Gasteiger partial charge in [-0.2, -0.15) is 0 Å². The van der Waals surface area contributed by atoms with Crippen molar-refractivity contribution in [1.82, 2.24) is 4.90 Å². The number of amidine groups is 1. The summed E-state index contributed by atoms with van der Waals surface area (Å²) in [5.74, 6) is 1.12. The summed E-state index contributed by atoms with van der Waals surface area (Å²) in [5.41, 5.74) is 1.22. The van der Waals surface area contributed by atoms with Gasteiger partial charge < -0.3 is 4.90 Å². The number of rotatable bonds is 1. The maximum Gasteiger partial charge on any atom is 0.131 e. The maximum atomic E-state index is 4.58. The van der Waals surface area contributed by atoms with Gasteiger partial charge in [0.1, 0.15) is 5.84 Å². The van der Waals surface area contributed by atoms with Crippen LogP contribution < -0.4 is 0 Å². The lowest BCUT2D eigenvalue weighted by atomic mass is 10.2. The van der Waals surface area contributed by atoms with Gasteiger partial charge in [0.05, 0.1) is 6.04 Å². The minimum atomic E-state index is 0.431. The van der Waals surface area contributed by atoms with Gasteiger partial charge in [-0.15, -0.1) is 0 Å². The Bertz CT molecular complexity index is 316. The Labute approximate surface area is 78.9 Å². The molecule has 1 unspecified atom stereocenters. The van der Waals surface area contributed by atoms with Crippen LogP contribution in [-0.4, -0.2) is 30.4 Å². The molecule has 68 valence electrons. The topological polar surface area (TPSA) is 15.6 Å². The molecule has 0 aliphatic carbocycles. The molecule has 0 spiro atoms. The first-order chi connectivity index (χ1) is 6.27. The highest BCUT2D eigenvalue weighted by Gasteiger charge is 2.18. The van der Waals surface area contributed by atoms with Crippen LogP contribution in [0, 0.1) is 0 Å². The molecular weight excluding hydrogens is 160 g/mol. The summed E-state index contributed by atoms with van der Waals surface area (Å²) in [5, 5.41) is 0. The van der Waals surface area contributed by atoms with Crippen LogP contribution >= 0.6 is 0 Å². The highest BCUT2D eigenvalue weighted by atomic mass is 15.2. The average molecular weight is 174 g/mol. The van der Waals surface area contributed by atoms with Crippen LogP contribution in [0.15, 0.2) is 35.3 Å². The van der Waals surface area contributed by atoms with Gasteiger partial charge in [0.2, 0.25) is 0 Å². The van der Waals surface area contributed by atoms with Crippen molar-refractivity contribution in [3.8, 4) is 0 Å². The van der Waals surface area contributed by atoms with Gasteiger partial charge >= 0.3 is 0 Å². The summed E-state index contributed by atoms with van der Waals surface area (Å²) < 4.78 is 0. The van der Waals surface area contributed by atoms with E-state index in [-0.39, 0.29) is 0 Å². The van der Waals surface area contributed by atoms with E-state index in [1.807, 2.05) is 6.07 Å². The first-order valence-electron chi connectivity index (χ1n) is 4.62. The fraction of sp³-hybridized carbons (Fsp3) is 0.364. The average Bonchev–Trinajstić information content (AvgIpc) is 2.47. The smallest absolute Gasteiger partial charge is 0.131 e. The summed E-state index contributed by atoms with van der Waals surface area (Å²) in [7, 11) is 2.09. The van der Waals surface area contributed by atoms with Crippen molar-refractivity contribution in [3.63, 3.8) is 0 Å². The fourth-order valence-electron chi connectivity index (χ4n) is 1.71. The Kier molecular flexibility index (Phi) is 2.05. The lowest BCUT2D eigenvalue weighted by Gasteiger charge is -2.13. The van der Waals surface area contributed by atoms with E-state index in [9.17, 15) is 0 Å². The molecule has 1 aliphatic heterocycles. The van der Waals surface area contributed by atoms with Crippen molar-refractivity contribution in [2.24, 2.45) is 4.99 Å². The molecule has 0 saturated carbocycles. The largest absolute Gasteiger partial charge is 0.357 e. The number of aliphatic imine (C=N–C) groups is 1. The zero-order valence-electron chi connectivity index (χ0n) is 8.07. The summed E-state index contributed by atoms with van der Waals surface area (Å²) in [6.45, 7) is 3.18. The highest BCUT2D eigenvalue weighted by molar-refractivity contribution is 5.99. The molecule has 0 fully saturated rings. The minimum Gasteiger partial charge on any atom is -0.357 e. The molecule has 0 aromatic heterocycles. The molecule has 1 aromatic carbocycles. The van der Waals surface area contributed by atoms with Crippen molar-refractivity contribution in [2.75, 3.05) is 13.6 Å². The lowest BCUT2D eigenvalue weighted by molar-refractivity contribution is 0.514. The molecule has 0 amide bonds. The van der Waals surface area contributed by atoms with Crippen LogP contribution in [0.25, 0.3) is 0 Å². The quantitative estimate of drug-likeness (QED) is 0.633. The second-order valence-electron chi connectivity index (χ2n) is 3.55. The number of hydrogen-bond acceptors (Lipinski definition) is 2. The molecule has 0 saturated heterocycles. The van der Waals surface area contributed by atoms with Gasteiger partial charge in [0.15, 0.2) is 0 Å². The second-order valence-corrected chi connectivity index (χ2v) is 3.55. The second kappa shape index (κ2) is 3.21. The van der Waals surface area contributed by atoms with Crippen molar-refractivity contribution >= 4 is 5.84 Å². The van der Waals surface area contributed by atoms with E-state index >= 15 is 0 Å². The molecule has 13 heavy (non-hydrogen) atoms. The zero-order valence-corrected chi connectivity index (χ0v) is 8.07. The van der Waals surface area contributed by atoms with Gasteiger partial charge in [0.25, 0.3) is 0 Å². The minimum absolute atomic E-state index is 0.431. The van der Waals surface area contributed by atoms with E-state index < -0.39 is 0 Å². The Morgan fingerprint density at radius 2 is 2.00 bits per heavy atom. The van der Waals surface area contributed by atoms with Gasteiger partial charge in [0, 0.05) is 19.2 Å². The van der Waals surface area contributed by atoms with Crippen molar-refractivity contribution in [2.45, 2.75) is 13.0 Å². The molecule has 1 aliphatic rings. The van der Waals surface area contributed by atoms with E-state index in [0.717, 1.165) is 12.4 Å². The summed E-state index contributed by atoms with van der Waals surface area (Å²) in [4.78, 5) is 6.79. The molecule has 0 bridgehead atoms. The molecule has 2 rings (SSSR count). The first kappa shape index (κ1) is 8.30. The molecule has 2 heteroatoms. The van der Waals surface area contributed by atoms with Crippen LogP contribution in [0.4, 0.5) is 0 Å². The predicted octanol–water partition coefficient (Wildman–Crippen LogP) is 1.77. The van der Waals surface area contributed by atoms with Gasteiger partial charge in [-0.25, -0.2) is 0 Å². The zero-order chi connectivity index (χ0) is 9.26. The maximum absolute atomic E-state index is 4.58. The predicted molar refractivity (Wildman–Crippen MR) is 55.1 cm³/mol. The number of benzene rings is 1. The van der Waals surface area contributed by atoms with Crippen molar-refractivity contribution in [1.29, 1.82) is 0 Å². The normalized spacial score (nSPS) is 21.8. The van der Waals surface area contributed by atoms with E-state index in [0.29, 0.717) is 6.04 Å². The third-order valence-electron chi connectivity index (χ3n) is 2.27. The fourth-order valence-corrected chi connectivity index (χ4v) is 1.71. The van der Waals surface area contributed by atoms with Gasteiger partial charge in [-0.05, 0) is 6.92 Å². The van der Waals surface area contributed by atoms with Crippen molar-refractivity contribution < 1.29 is 0 Å². The monoisotopic (exact) mass is 174 g/mol. The molecule has 1 atom stereocenters. The van der Waals surface area contributed by atoms with Crippen LogP contribution in [-0.2, 0) is 0 Å². The van der Waals surface area contributed by atoms with Crippen LogP contribution in [0.1, 0.15) is 12.5 Å². The SMILES string of the molecule is CC1CN(C)C(c2ccccc2)=N1. The van der Waals surface area contributed by atoms with E-state index in [2.05, 4.69) is 48.1 Å². The van der Waals surface area contributed by atoms with E-state index in [4.69, 9.17) is 0 Å². The third kappa shape index (κ3) is 1.57.